The summed E-state index contributed by atoms with van der Waals surface area (Å²) >= 11 is 6.35. The number of nitrogens with zero attached hydrogens (tertiary/aromatic N) is 7. The van der Waals surface area contributed by atoms with Gasteiger partial charge in [-0.2, -0.15) is 5.10 Å². The highest BCUT2D eigenvalue weighted by Gasteiger charge is 2.32. The van der Waals surface area contributed by atoms with Crippen molar-refractivity contribution in [2.45, 2.75) is 31.5 Å². The number of fused-ring (bicyclic) bond motifs is 1. The highest BCUT2D eigenvalue weighted by Crippen LogP contribution is 2.32. The molecule has 0 amide bonds. The molecule has 3 aromatic rings. The van der Waals surface area contributed by atoms with Gasteiger partial charge in [-0.25, -0.2) is 9.97 Å². The summed E-state index contributed by atoms with van der Waals surface area (Å²) in [7, 11) is 2.00. The van der Waals surface area contributed by atoms with Crippen molar-refractivity contribution in [1.82, 2.24) is 29.0 Å². The number of imidazole rings is 1. The fraction of sp³-hybridized carbons (Fsp3) is 0.500. The summed E-state index contributed by atoms with van der Waals surface area (Å²) in [5.41, 5.74) is 2.47. The number of β-amino-alcohol motifs (C(OH)–C–C–N with tert-alkyl or cyclic N) is 1. The van der Waals surface area contributed by atoms with Crippen molar-refractivity contribution >= 4 is 23.1 Å². The Balaban J connectivity index is 1.56. The molecule has 3 atom stereocenters. The zero-order valence-corrected chi connectivity index (χ0v) is 16.1. The number of halogens is 1. The second-order valence-corrected chi connectivity index (χ2v) is 8.01. The molecular weight excluding hydrogens is 366 g/mol. The average Bonchev–Trinajstić information content (AvgIpc) is 3.33. The van der Waals surface area contributed by atoms with Gasteiger partial charge >= 0.3 is 0 Å². The van der Waals surface area contributed by atoms with E-state index in [1.54, 1.807) is 12.4 Å². The molecule has 0 bridgehead atoms. The number of likely N-dealkylation sites (N-methyl/N-ethyl adjacent to an activating group) is 1. The minimum Gasteiger partial charge on any atom is -0.390 e. The first kappa shape index (κ1) is 17.0. The van der Waals surface area contributed by atoms with E-state index < -0.39 is 6.10 Å². The standard InChI is InChI=1S/C18H22ClN7O/c1-11-3-4-24(11)18-17-20-6-16(19)25(17)8-13(22-18)12-5-21-26(7-12)14-9-23(2)10-15(14)27/h5-8,11,14-15,27H,3-4,9-10H2,1-2H3/t11-,14-,15-/m0/s1. The first-order valence-corrected chi connectivity index (χ1v) is 9.60. The van der Waals surface area contributed by atoms with Crippen molar-refractivity contribution in [3.05, 3.63) is 29.9 Å². The summed E-state index contributed by atoms with van der Waals surface area (Å²) in [6.07, 6.45) is 8.04. The van der Waals surface area contributed by atoms with E-state index in [9.17, 15) is 5.11 Å². The molecule has 2 fully saturated rings. The Bertz CT molecular complexity index is 999. The number of rotatable bonds is 3. The molecule has 9 heteroatoms. The fourth-order valence-electron chi connectivity index (χ4n) is 3.97. The Morgan fingerprint density at radius 1 is 1.22 bits per heavy atom. The number of aliphatic hydroxyl groups is 1. The van der Waals surface area contributed by atoms with Crippen LogP contribution in [0, 0.1) is 0 Å². The van der Waals surface area contributed by atoms with Crippen molar-refractivity contribution in [3.63, 3.8) is 0 Å². The minimum absolute atomic E-state index is 0.0424. The Morgan fingerprint density at radius 2 is 2.07 bits per heavy atom. The molecule has 1 N–H and O–H groups in total. The maximum atomic E-state index is 10.3. The van der Waals surface area contributed by atoms with E-state index in [0.717, 1.165) is 42.2 Å². The van der Waals surface area contributed by atoms with Gasteiger partial charge in [0.25, 0.3) is 0 Å². The SMILES string of the molecule is C[C@H]1CCN1c1nc(-c2cnn([C@H]3CN(C)C[C@@H]3O)c2)cn2c(Cl)cnc12. The Hall–Kier alpha value is -2.16. The molecule has 2 aliphatic heterocycles. The van der Waals surface area contributed by atoms with Crippen molar-refractivity contribution in [2.24, 2.45) is 0 Å². The van der Waals surface area contributed by atoms with Crippen LogP contribution in [-0.2, 0) is 0 Å². The van der Waals surface area contributed by atoms with Gasteiger partial charge in [-0.3, -0.25) is 9.08 Å². The van der Waals surface area contributed by atoms with Crippen LogP contribution >= 0.6 is 11.6 Å². The second-order valence-electron chi connectivity index (χ2n) is 7.62. The summed E-state index contributed by atoms with van der Waals surface area (Å²) in [6, 6.07) is 0.401. The van der Waals surface area contributed by atoms with Gasteiger partial charge in [-0.15, -0.1) is 0 Å². The number of hydrogen-bond donors (Lipinski definition) is 1. The summed E-state index contributed by atoms with van der Waals surface area (Å²) in [5.74, 6) is 0.853. The zero-order valence-electron chi connectivity index (χ0n) is 15.3. The van der Waals surface area contributed by atoms with Crippen LogP contribution < -0.4 is 4.90 Å². The van der Waals surface area contributed by atoms with Crippen LogP contribution in [0.15, 0.2) is 24.8 Å². The average molecular weight is 388 g/mol. The van der Waals surface area contributed by atoms with Gasteiger partial charge in [0.15, 0.2) is 11.5 Å². The third-order valence-electron chi connectivity index (χ3n) is 5.70. The van der Waals surface area contributed by atoms with E-state index in [1.807, 2.05) is 28.5 Å². The molecule has 0 aliphatic carbocycles. The fourth-order valence-corrected chi connectivity index (χ4v) is 4.15. The maximum Gasteiger partial charge on any atom is 0.181 e. The molecule has 3 aromatic heterocycles. The molecular formula is C18H22ClN7O. The lowest BCUT2D eigenvalue weighted by atomic mass is 10.1. The Kier molecular flexibility index (Phi) is 3.89. The van der Waals surface area contributed by atoms with Crippen LogP contribution in [0.3, 0.4) is 0 Å². The smallest absolute Gasteiger partial charge is 0.181 e. The third kappa shape index (κ3) is 2.70. The van der Waals surface area contributed by atoms with E-state index in [0.29, 0.717) is 17.7 Å². The molecule has 0 spiro atoms. The van der Waals surface area contributed by atoms with Gasteiger partial charge in [0.2, 0.25) is 0 Å². The molecule has 142 valence electrons. The highest BCUT2D eigenvalue weighted by molar-refractivity contribution is 6.29. The second kappa shape index (κ2) is 6.19. The quantitative estimate of drug-likeness (QED) is 0.737. The van der Waals surface area contributed by atoms with Crippen molar-refractivity contribution in [2.75, 3.05) is 31.6 Å². The zero-order chi connectivity index (χ0) is 18.7. The van der Waals surface area contributed by atoms with Crippen LogP contribution in [0.5, 0.6) is 0 Å². The summed E-state index contributed by atoms with van der Waals surface area (Å²) in [4.78, 5) is 13.7. The lowest BCUT2D eigenvalue weighted by Crippen LogP contribution is -2.46. The molecule has 8 nitrogen and oxygen atoms in total. The van der Waals surface area contributed by atoms with Gasteiger partial charge < -0.3 is 14.9 Å². The normalized spacial score (nSPS) is 26.1. The van der Waals surface area contributed by atoms with Gasteiger partial charge in [0.05, 0.1) is 30.2 Å². The van der Waals surface area contributed by atoms with E-state index in [1.165, 1.54) is 0 Å². The highest BCUT2D eigenvalue weighted by atomic mass is 35.5. The first-order chi connectivity index (χ1) is 13.0. The van der Waals surface area contributed by atoms with Crippen LogP contribution in [0.25, 0.3) is 16.9 Å². The topological polar surface area (TPSA) is 74.7 Å². The number of aromatic nitrogens is 5. The molecule has 2 saturated heterocycles. The number of aliphatic hydroxyl groups excluding tert-OH is 1. The molecule has 2 aliphatic rings. The largest absolute Gasteiger partial charge is 0.390 e. The monoisotopic (exact) mass is 387 g/mol. The lowest BCUT2D eigenvalue weighted by molar-refractivity contribution is 0.141. The molecule has 0 saturated carbocycles. The van der Waals surface area contributed by atoms with Gasteiger partial charge in [-0.1, -0.05) is 11.6 Å². The van der Waals surface area contributed by atoms with Crippen LogP contribution in [0.1, 0.15) is 19.4 Å². The summed E-state index contributed by atoms with van der Waals surface area (Å²) < 4.78 is 3.72. The van der Waals surface area contributed by atoms with E-state index in [2.05, 4.69) is 26.8 Å². The maximum absolute atomic E-state index is 10.3. The number of anilines is 1. The summed E-state index contributed by atoms with van der Waals surface area (Å²) in [6.45, 7) is 4.59. The van der Waals surface area contributed by atoms with Gasteiger partial charge in [0.1, 0.15) is 5.15 Å². The number of likely N-dealkylation sites (tertiary alicyclic amines) is 1. The molecule has 0 aromatic carbocycles. The molecule has 5 rings (SSSR count). The van der Waals surface area contributed by atoms with E-state index >= 15 is 0 Å². The molecule has 0 radical (unpaired) electrons. The predicted molar refractivity (Wildman–Crippen MR) is 103 cm³/mol. The Labute approximate surface area is 162 Å². The predicted octanol–water partition coefficient (Wildman–Crippen LogP) is 1.69. The van der Waals surface area contributed by atoms with Crippen molar-refractivity contribution < 1.29 is 5.11 Å². The Morgan fingerprint density at radius 3 is 2.74 bits per heavy atom. The first-order valence-electron chi connectivity index (χ1n) is 9.22. The molecule has 27 heavy (non-hydrogen) atoms. The van der Waals surface area contributed by atoms with Crippen molar-refractivity contribution in [1.29, 1.82) is 0 Å². The van der Waals surface area contributed by atoms with Gasteiger partial charge in [0, 0.05) is 43.6 Å². The lowest BCUT2D eigenvalue weighted by Gasteiger charge is -2.39. The molecule has 5 heterocycles. The van der Waals surface area contributed by atoms with Crippen LogP contribution in [0.2, 0.25) is 5.15 Å². The molecule has 0 unspecified atom stereocenters. The van der Waals surface area contributed by atoms with Crippen LogP contribution in [0.4, 0.5) is 5.82 Å². The number of hydrogen-bond acceptors (Lipinski definition) is 6. The summed E-state index contributed by atoms with van der Waals surface area (Å²) in [5, 5.41) is 15.3. The van der Waals surface area contributed by atoms with E-state index in [4.69, 9.17) is 16.6 Å². The third-order valence-corrected chi connectivity index (χ3v) is 5.98. The van der Waals surface area contributed by atoms with Gasteiger partial charge in [-0.05, 0) is 20.4 Å². The van der Waals surface area contributed by atoms with Crippen LogP contribution in [-0.4, -0.2) is 73.0 Å². The van der Waals surface area contributed by atoms with E-state index in [-0.39, 0.29) is 6.04 Å². The minimum atomic E-state index is -0.418. The van der Waals surface area contributed by atoms with Crippen molar-refractivity contribution in [3.8, 4) is 11.3 Å².